The zero-order valence-corrected chi connectivity index (χ0v) is 14.5. The van der Waals surface area contributed by atoms with E-state index >= 15 is 0 Å². The topological polar surface area (TPSA) is 32.8 Å². The Labute approximate surface area is 139 Å². The Morgan fingerprint density at radius 2 is 1.91 bits per heavy atom. The Hall–Kier alpha value is -1.39. The Balaban J connectivity index is 1.68. The highest BCUT2D eigenvalue weighted by Gasteiger charge is 2.33. The highest BCUT2D eigenvalue weighted by molar-refractivity contribution is 5.96. The van der Waals surface area contributed by atoms with E-state index in [0.717, 1.165) is 50.1 Å². The average Bonchev–Trinajstić information content (AvgIpc) is 2.94. The van der Waals surface area contributed by atoms with Gasteiger partial charge in [-0.3, -0.25) is 9.69 Å². The van der Waals surface area contributed by atoms with Gasteiger partial charge in [0.2, 0.25) is 0 Å². The fraction of sp³-hybridized carbons (Fsp3) is 0.632. The molecule has 0 aliphatic carbocycles. The lowest BCUT2D eigenvalue weighted by Gasteiger charge is -2.38. The summed E-state index contributed by atoms with van der Waals surface area (Å²) in [7, 11) is 0. The number of morpholine rings is 1. The van der Waals surface area contributed by atoms with E-state index in [1.54, 1.807) is 0 Å². The van der Waals surface area contributed by atoms with Crippen molar-refractivity contribution in [3.63, 3.8) is 0 Å². The number of benzene rings is 1. The molecule has 0 spiro atoms. The van der Waals surface area contributed by atoms with E-state index in [9.17, 15) is 4.79 Å². The van der Waals surface area contributed by atoms with Gasteiger partial charge >= 0.3 is 0 Å². The standard InChI is InChI=1S/C19H28N2O2/c1-14-7-4-5-9-18(14)19(22)21-10-6-8-17(21)13-20-11-15(2)23-16(3)12-20/h4-5,7,9,15-17H,6,8,10-13H2,1-3H3/t15-,16+,17-/m0/s1. The van der Waals surface area contributed by atoms with E-state index in [1.165, 1.54) is 0 Å². The first-order valence-electron chi connectivity index (χ1n) is 8.79. The van der Waals surface area contributed by atoms with Crippen molar-refractivity contribution in [1.29, 1.82) is 0 Å². The van der Waals surface area contributed by atoms with E-state index in [4.69, 9.17) is 4.74 Å². The van der Waals surface area contributed by atoms with Crippen LogP contribution < -0.4 is 0 Å². The van der Waals surface area contributed by atoms with E-state index in [0.29, 0.717) is 6.04 Å². The summed E-state index contributed by atoms with van der Waals surface area (Å²) in [5.74, 6) is 0.194. The van der Waals surface area contributed by atoms with Crippen molar-refractivity contribution in [2.45, 2.75) is 51.9 Å². The molecule has 1 aromatic carbocycles. The zero-order valence-electron chi connectivity index (χ0n) is 14.5. The normalized spacial score (nSPS) is 29.0. The van der Waals surface area contributed by atoms with Crippen LogP contribution in [0, 0.1) is 6.92 Å². The second-order valence-electron chi connectivity index (χ2n) is 7.09. The van der Waals surface area contributed by atoms with Gasteiger partial charge < -0.3 is 9.64 Å². The lowest BCUT2D eigenvalue weighted by Crippen LogP contribution is -2.51. The SMILES string of the molecule is Cc1ccccc1C(=O)N1CCC[C@H]1CN1C[C@@H](C)O[C@@H](C)C1. The molecule has 1 aromatic rings. The Bertz CT molecular complexity index is 550. The van der Waals surface area contributed by atoms with E-state index in [-0.39, 0.29) is 18.1 Å². The van der Waals surface area contributed by atoms with Gasteiger partial charge in [-0.05, 0) is 45.2 Å². The molecule has 0 N–H and O–H groups in total. The molecule has 2 aliphatic rings. The van der Waals surface area contributed by atoms with E-state index < -0.39 is 0 Å². The summed E-state index contributed by atoms with van der Waals surface area (Å²) < 4.78 is 5.82. The minimum absolute atomic E-state index is 0.194. The highest BCUT2D eigenvalue weighted by atomic mass is 16.5. The second-order valence-corrected chi connectivity index (χ2v) is 7.09. The first-order chi connectivity index (χ1) is 11.0. The molecule has 126 valence electrons. The van der Waals surface area contributed by atoms with Gasteiger partial charge in [0.25, 0.3) is 5.91 Å². The first kappa shape index (κ1) is 16.5. The lowest BCUT2D eigenvalue weighted by atomic mass is 10.1. The molecule has 0 saturated carbocycles. The quantitative estimate of drug-likeness (QED) is 0.859. The summed E-state index contributed by atoms with van der Waals surface area (Å²) in [6, 6.07) is 8.25. The Morgan fingerprint density at radius 1 is 1.22 bits per heavy atom. The molecule has 0 unspecified atom stereocenters. The third-order valence-electron chi connectivity index (χ3n) is 4.98. The Kier molecular flexibility index (Phi) is 5.02. The molecule has 0 aromatic heterocycles. The predicted octanol–water partition coefficient (Wildman–Crippen LogP) is 2.71. The van der Waals surface area contributed by atoms with Crippen LogP contribution in [0.2, 0.25) is 0 Å². The van der Waals surface area contributed by atoms with Crippen molar-refractivity contribution in [2.24, 2.45) is 0 Å². The molecule has 23 heavy (non-hydrogen) atoms. The van der Waals surface area contributed by atoms with E-state index in [1.807, 2.05) is 31.2 Å². The minimum atomic E-state index is 0.194. The summed E-state index contributed by atoms with van der Waals surface area (Å²) >= 11 is 0. The van der Waals surface area contributed by atoms with Gasteiger partial charge in [0.05, 0.1) is 12.2 Å². The van der Waals surface area contributed by atoms with Crippen LogP contribution in [0.1, 0.15) is 42.6 Å². The smallest absolute Gasteiger partial charge is 0.254 e. The van der Waals surface area contributed by atoms with Crippen molar-refractivity contribution < 1.29 is 9.53 Å². The predicted molar refractivity (Wildman–Crippen MR) is 91.7 cm³/mol. The van der Waals surface area contributed by atoms with Gasteiger partial charge in [-0.2, -0.15) is 0 Å². The van der Waals surface area contributed by atoms with Gasteiger partial charge in [0, 0.05) is 37.8 Å². The molecule has 3 rings (SSSR count). The number of nitrogens with zero attached hydrogens (tertiary/aromatic N) is 2. The molecular weight excluding hydrogens is 288 g/mol. The minimum Gasteiger partial charge on any atom is -0.373 e. The lowest BCUT2D eigenvalue weighted by molar-refractivity contribution is -0.0715. The van der Waals surface area contributed by atoms with Gasteiger partial charge in [-0.1, -0.05) is 18.2 Å². The van der Waals surface area contributed by atoms with Crippen LogP contribution in [0.5, 0.6) is 0 Å². The fourth-order valence-corrected chi connectivity index (χ4v) is 3.99. The molecule has 2 saturated heterocycles. The zero-order chi connectivity index (χ0) is 16.4. The molecule has 1 amide bonds. The van der Waals surface area contributed by atoms with Crippen molar-refractivity contribution in [1.82, 2.24) is 9.80 Å². The van der Waals surface area contributed by atoms with Crippen molar-refractivity contribution >= 4 is 5.91 Å². The van der Waals surface area contributed by atoms with Gasteiger partial charge in [0.1, 0.15) is 0 Å². The van der Waals surface area contributed by atoms with Gasteiger partial charge in [0.15, 0.2) is 0 Å². The van der Waals surface area contributed by atoms with Crippen molar-refractivity contribution in [2.75, 3.05) is 26.2 Å². The molecule has 3 atom stereocenters. The number of hydrogen-bond acceptors (Lipinski definition) is 3. The number of ether oxygens (including phenoxy) is 1. The molecule has 4 heteroatoms. The maximum atomic E-state index is 12.9. The van der Waals surface area contributed by atoms with Crippen LogP contribution in [0.25, 0.3) is 0 Å². The molecule has 0 radical (unpaired) electrons. The first-order valence-corrected chi connectivity index (χ1v) is 8.79. The van der Waals surface area contributed by atoms with Crippen LogP contribution in [0.15, 0.2) is 24.3 Å². The molecule has 2 fully saturated rings. The molecule has 0 bridgehead atoms. The summed E-state index contributed by atoms with van der Waals surface area (Å²) in [5, 5.41) is 0. The van der Waals surface area contributed by atoms with Crippen LogP contribution in [0.4, 0.5) is 0 Å². The maximum absolute atomic E-state index is 12.9. The van der Waals surface area contributed by atoms with Gasteiger partial charge in [-0.25, -0.2) is 0 Å². The van der Waals surface area contributed by atoms with Crippen molar-refractivity contribution in [3.8, 4) is 0 Å². The van der Waals surface area contributed by atoms with Crippen LogP contribution in [-0.2, 0) is 4.74 Å². The second kappa shape index (κ2) is 7.02. The van der Waals surface area contributed by atoms with Crippen LogP contribution in [0.3, 0.4) is 0 Å². The third-order valence-corrected chi connectivity index (χ3v) is 4.98. The number of carbonyl (C=O) groups is 1. The molecule has 4 nitrogen and oxygen atoms in total. The molecular formula is C19H28N2O2. The van der Waals surface area contributed by atoms with E-state index in [2.05, 4.69) is 23.6 Å². The Morgan fingerprint density at radius 3 is 2.61 bits per heavy atom. The number of aryl methyl sites for hydroxylation is 1. The maximum Gasteiger partial charge on any atom is 0.254 e. The van der Waals surface area contributed by atoms with Crippen molar-refractivity contribution in [3.05, 3.63) is 35.4 Å². The number of hydrogen-bond donors (Lipinski definition) is 0. The fourth-order valence-electron chi connectivity index (χ4n) is 3.99. The van der Waals surface area contributed by atoms with Crippen LogP contribution >= 0.6 is 0 Å². The summed E-state index contributed by atoms with van der Waals surface area (Å²) in [6.07, 6.45) is 2.77. The number of amides is 1. The van der Waals surface area contributed by atoms with Crippen LogP contribution in [-0.4, -0.2) is 60.1 Å². The summed E-state index contributed by atoms with van der Waals surface area (Å²) in [5.41, 5.74) is 1.92. The monoisotopic (exact) mass is 316 g/mol. The molecule has 2 heterocycles. The van der Waals surface area contributed by atoms with Gasteiger partial charge in [-0.15, -0.1) is 0 Å². The largest absolute Gasteiger partial charge is 0.373 e. The third kappa shape index (κ3) is 3.75. The number of rotatable bonds is 3. The summed E-state index contributed by atoms with van der Waals surface area (Å²) in [6.45, 7) is 10.1. The number of likely N-dealkylation sites (tertiary alicyclic amines) is 1. The summed E-state index contributed by atoms with van der Waals surface area (Å²) in [4.78, 5) is 17.5. The number of carbonyl (C=O) groups excluding carboxylic acids is 1. The highest BCUT2D eigenvalue weighted by Crippen LogP contribution is 2.23. The average molecular weight is 316 g/mol. The molecule has 2 aliphatic heterocycles.